The Hall–Kier alpha value is -2.87. The van der Waals surface area contributed by atoms with Gasteiger partial charge in [-0.15, -0.1) is 0 Å². The van der Waals surface area contributed by atoms with Gasteiger partial charge in [-0.25, -0.2) is 4.98 Å². The lowest BCUT2D eigenvalue weighted by Crippen LogP contribution is -2.34. The van der Waals surface area contributed by atoms with Crippen molar-refractivity contribution in [3.05, 3.63) is 36.4 Å². The van der Waals surface area contributed by atoms with Gasteiger partial charge in [0.05, 0.1) is 18.5 Å². The first kappa shape index (κ1) is 16.6. The van der Waals surface area contributed by atoms with Crippen LogP contribution in [-0.4, -0.2) is 39.4 Å². The monoisotopic (exact) mass is 355 g/mol. The number of aryl methyl sites for hydroxylation is 1. The van der Waals surface area contributed by atoms with Crippen molar-refractivity contribution < 1.29 is 14.3 Å². The van der Waals surface area contributed by atoms with Crippen LogP contribution in [0, 0.1) is 5.92 Å². The molecule has 8 heteroatoms. The molecule has 0 saturated carbocycles. The molecule has 1 saturated heterocycles. The highest BCUT2D eigenvalue weighted by Crippen LogP contribution is 2.34. The summed E-state index contributed by atoms with van der Waals surface area (Å²) < 4.78 is 13.0. The fourth-order valence-corrected chi connectivity index (χ4v) is 3.38. The summed E-state index contributed by atoms with van der Waals surface area (Å²) in [6.07, 6.45) is 4.80. The van der Waals surface area contributed by atoms with Crippen molar-refractivity contribution in [3.63, 3.8) is 0 Å². The standard InChI is InChI=1S/C18H21N5O3/c1-23-8-7-19-17(23)15-12(4-3-9-26-15)18(24)20-16-13-10-11(25-2)5-6-14(13)21-22-16/h5-8,10,12,15H,3-4,9H2,1-2H3,(H2,20,21,22,24)/t12-,15-/m1/s1. The summed E-state index contributed by atoms with van der Waals surface area (Å²) in [7, 11) is 3.51. The molecule has 1 fully saturated rings. The van der Waals surface area contributed by atoms with Crippen LogP contribution in [0.3, 0.4) is 0 Å². The fraction of sp³-hybridized carbons (Fsp3) is 0.389. The largest absolute Gasteiger partial charge is 0.497 e. The molecule has 2 aromatic heterocycles. The van der Waals surface area contributed by atoms with Gasteiger partial charge < -0.3 is 19.4 Å². The summed E-state index contributed by atoms with van der Waals surface area (Å²) >= 11 is 0. The normalized spacial score (nSPS) is 20.2. The molecular weight excluding hydrogens is 334 g/mol. The molecule has 0 spiro atoms. The topological polar surface area (TPSA) is 94.1 Å². The zero-order valence-corrected chi connectivity index (χ0v) is 14.7. The lowest BCUT2D eigenvalue weighted by Gasteiger charge is -2.30. The number of ether oxygens (including phenoxy) is 2. The number of fused-ring (bicyclic) bond motifs is 1. The third kappa shape index (κ3) is 2.92. The molecule has 0 radical (unpaired) electrons. The number of hydrogen-bond acceptors (Lipinski definition) is 5. The van der Waals surface area contributed by atoms with Crippen molar-refractivity contribution in [2.75, 3.05) is 19.0 Å². The first-order chi connectivity index (χ1) is 12.7. The second-order valence-corrected chi connectivity index (χ2v) is 6.41. The van der Waals surface area contributed by atoms with E-state index in [0.29, 0.717) is 18.2 Å². The number of nitrogens with zero attached hydrogens (tertiary/aromatic N) is 3. The number of imidazole rings is 1. The van der Waals surface area contributed by atoms with Gasteiger partial charge in [0.1, 0.15) is 17.7 Å². The Morgan fingerprint density at radius 3 is 3.12 bits per heavy atom. The molecule has 1 aromatic carbocycles. The van der Waals surface area contributed by atoms with Gasteiger partial charge in [-0.1, -0.05) is 0 Å². The molecule has 0 aliphatic carbocycles. The van der Waals surface area contributed by atoms with Gasteiger partial charge >= 0.3 is 0 Å². The highest BCUT2D eigenvalue weighted by Gasteiger charge is 2.35. The van der Waals surface area contributed by atoms with E-state index in [0.717, 1.165) is 29.6 Å². The lowest BCUT2D eigenvalue weighted by molar-refractivity contribution is -0.130. The van der Waals surface area contributed by atoms with Crippen molar-refractivity contribution in [1.29, 1.82) is 0 Å². The van der Waals surface area contributed by atoms with E-state index in [2.05, 4.69) is 20.5 Å². The minimum atomic E-state index is -0.358. The van der Waals surface area contributed by atoms with E-state index in [1.165, 1.54) is 0 Å². The minimum Gasteiger partial charge on any atom is -0.497 e. The number of aromatic amines is 1. The molecule has 26 heavy (non-hydrogen) atoms. The smallest absolute Gasteiger partial charge is 0.231 e. The van der Waals surface area contributed by atoms with Gasteiger partial charge in [0.2, 0.25) is 5.91 Å². The van der Waals surface area contributed by atoms with E-state index in [1.807, 2.05) is 36.0 Å². The van der Waals surface area contributed by atoms with Crippen molar-refractivity contribution in [3.8, 4) is 5.75 Å². The maximum Gasteiger partial charge on any atom is 0.231 e. The molecule has 0 unspecified atom stereocenters. The van der Waals surface area contributed by atoms with Gasteiger partial charge in [-0.05, 0) is 31.0 Å². The van der Waals surface area contributed by atoms with Crippen LogP contribution in [0.1, 0.15) is 24.8 Å². The van der Waals surface area contributed by atoms with Crippen molar-refractivity contribution >= 4 is 22.6 Å². The number of carbonyl (C=O) groups excluding carboxylic acids is 1. The maximum atomic E-state index is 13.0. The van der Waals surface area contributed by atoms with Crippen LogP contribution in [0.25, 0.3) is 10.9 Å². The number of H-pyrrole nitrogens is 1. The molecular formula is C18H21N5O3. The number of carbonyl (C=O) groups is 1. The van der Waals surface area contributed by atoms with E-state index >= 15 is 0 Å². The highest BCUT2D eigenvalue weighted by atomic mass is 16.5. The molecule has 1 aliphatic heterocycles. The molecule has 1 amide bonds. The fourth-order valence-electron chi connectivity index (χ4n) is 3.38. The van der Waals surface area contributed by atoms with Crippen LogP contribution in [0.5, 0.6) is 5.75 Å². The van der Waals surface area contributed by atoms with E-state index in [-0.39, 0.29) is 17.9 Å². The Bertz CT molecular complexity index is 932. The Balaban J connectivity index is 1.60. The summed E-state index contributed by atoms with van der Waals surface area (Å²) in [4.78, 5) is 17.3. The molecule has 2 N–H and O–H groups in total. The zero-order chi connectivity index (χ0) is 18.1. The quantitative estimate of drug-likeness (QED) is 0.749. The van der Waals surface area contributed by atoms with E-state index < -0.39 is 0 Å². The number of methoxy groups -OCH3 is 1. The third-order valence-electron chi connectivity index (χ3n) is 4.78. The number of amides is 1. The summed E-state index contributed by atoms with van der Waals surface area (Å²) in [6.45, 7) is 0.629. The SMILES string of the molecule is COc1ccc2[nH]nc(NC(=O)[C@@H]3CCCO[C@H]3c3nccn3C)c2c1. The highest BCUT2D eigenvalue weighted by molar-refractivity contribution is 6.01. The average Bonchev–Trinajstić information content (AvgIpc) is 3.27. The molecule has 4 rings (SSSR count). The number of aromatic nitrogens is 4. The van der Waals surface area contributed by atoms with E-state index in [4.69, 9.17) is 9.47 Å². The van der Waals surface area contributed by atoms with E-state index in [9.17, 15) is 4.79 Å². The predicted octanol–water partition coefficient (Wildman–Crippen LogP) is 2.41. The average molecular weight is 355 g/mol. The summed E-state index contributed by atoms with van der Waals surface area (Å²) in [5, 5.41) is 10.9. The van der Waals surface area contributed by atoms with Crippen molar-refractivity contribution in [2.45, 2.75) is 18.9 Å². The Kier molecular flexibility index (Phi) is 4.34. The molecule has 0 bridgehead atoms. The zero-order valence-electron chi connectivity index (χ0n) is 14.7. The Morgan fingerprint density at radius 2 is 2.35 bits per heavy atom. The van der Waals surface area contributed by atoms with Gasteiger partial charge in [-0.2, -0.15) is 5.10 Å². The van der Waals surface area contributed by atoms with Crippen LogP contribution in [0.15, 0.2) is 30.6 Å². The molecule has 136 valence electrons. The van der Waals surface area contributed by atoms with Crippen LogP contribution < -0.4 is 10.1 Å². The molecule has 3 heterocycles. The maximum absolute atomic E-state index is 13.0. The van der Waals surface area contributed by atoms with E-state index in [1.54, 1.807) is 13.3 Å². The van der Waals surface area contributed by atoms with Crippen LogP contribution >= 0.6 is 0 Å². The number of rotatable bonds is 4. The molecule has 3 aromatic rings. The van der Waals surface area contributed by atoms with Crippen molar-refractivity contribution in [2.24, 2.45) is 13.0 Å². The second-order valence-electron chi connectivity index (χ2n) is 6.41. The first-order valence-electron chi connectivity index (χ1n) is 8.59. The number of nitrogens with one attached hydrogen (secondary N) is 2. The van der Waals surface area contributed by atoms with Crippen LogP contribution in [0.4, 0.5) is 5.82 Å². The molecule has 1 aliphatic rings. The Labute approximate surface area is 150 Å². The molecule has 8 nitrogen and oxygen atoms in total. The van der Waals surface area contributed by atoms with Crippen LogP contribution in [-0.2, 0) is 16.6 Å². The van der Waals surface area contributed by atoms with Crippen molar-refractivity contribution in [1.82, 2.24) is 19.7 Å². The predicted molar refractivity (Wildman–Crippen MR) is 95.9 cm³/mol. The van der Waals surface area contributed by atoms with Crippen LogP contribution in [0.2, 0.25) is 0 Å². The Morgan fingerprint density at radius 1 is 1.46 bits per heavy atom. The summed E-state index contributed by atoms with van der Waals surface area (Å²) in [5.74, 6) is 1.53. The van der Waals surface area contributed by atoms with Gasteiger partial charge in [0, 0.05) is 31.4 Å². The molecule has 2 atom stereocenters. The minimum absolute atomic E-state index is 0.117. The lowest BCUT2D eigenvalue weighted by atomic mass is 9.92. The van der Waals surface area contributed by atoms with Gasteiger partial charge in [0.15, 0.2) is 5.82 Å². The summed E-state index contributed by atoms with van der Waals surface area (Å²) in [6, 6.07) is 5.57. The summed E-state index contributed by atoms with van der Waals surface area (Å²) in [5.41, 5.74) is 0.835. The number of hydrogen-bond donors (Lipinski definition) is 2. The third-order valence-corrected chi connectivity index (χ3v) is 4.78. The van der Waals surface area contributed by atoms with Gasteiger partial charge in [-0.3, -0.25) is 9.89 Å². The number of benzene rings is 1. The second kappa shape index (κ2) is 6.80. The first-order valence-corrected chi connectivity index (χ1v) is 8.59. The number of anilines is 1. The van der Waals surface area contributed by atoms with Gasteiger partial charge in [0.25, 0.3) is 0 Å².